The number of ketones is 2. The fraction of sp³-hybridized carbons (Fsp3) is 0.571. The Morgan fingerprint density at radius 2 is 1.47 bits per heavy atom. The van der Waals surface area contributed by atoms with Gasteiger partial charge in [0.15, 0.2) is 0 Å². The van der Waals surface area contributed by atoms with Crippen molar-refractivity contribution in [3.63, 3.8) is 0 Å². The van der Waals surface area contributed by atoms with Crippen molar-refractivity contribution < 1.29 is 14.7 Å². The molecule has 0 unspecified atom stereocenters. The van der Waals surface area contributed by atoms with Gasteiger partial charge in [-0.1, -0.05) is 34.6 Å². The van der Waals surface area contributed by atoms with Gasteiger partial charge in [-0.25, -0.2) is 0 Å². The predicted octanol–water partition coefficient (Wildman–Crippen LogP) is 2.97. The van der Waals surface area contributed by atoms with Crippen LogP contribution in [0.2, 0.25) is 0 Å². The largest absolute Gasteiger partial charge is 0.508 e. The first kappa shape index (κ1) is 13.7. The van der Waals surface area contributed by atoms with E-state index in [1.54, 1.807) is 0 Å². The van der Waals surface area contributed by atoms with Gasteiger partial charge in [0.05, 0.1) is 0 Å². The lowest BCUT2D eigenvalue weighted by atomic mass is 9.70. The minimum Gasteiger partial charge on any atom is -0.508 e. The van der Waals surface area contributed by atoms with Crippen LogP contribution in [-0.4, -0.2) is 16.7 Å². The molecule has 0 radical (unpaired) electrons. The van der Waals surface area contributed by atoms with Gasteiger partial charge in [0, 0.05) is 11.6 Å². The molecule has 0 amide bonds. The van der Waals surface area contributed by atoms with Crippen molar-refractivity contribution in [2.75, 3.05) is 0 Å². The van der Waals surface area contributed by atoms with E-state index < -0.39 is 11.6 Å². The Bertz CT molecular complexity index is 417. The van der Waals surface area contributed by atoms with Crippen LogP contribution in [0.1, 0.15) is 41.0 Å². The quantitative estimate of drug-likeness (QED) is 0.592. The summed E-state index contributed by atoms with van der Waals surface area (Å²) in [5, 5.41) is 9.81. The van der Waals surface area contributed by atoms with Gasteiger partial charge in [-0.05, 0) is 23.3 Å². The number of aliphatic hydroxyl groups excluding tert-OH is 1. The topological polar surface area (TPSA) is 54.4 Å². The van der Waals surface area contributed by atoms with Crippen LogP contribution < -0.4 is 0 Å². The number of hydrogen-bond donors (Lipinski definition) is 1. The van der Waals surface area contributed by atoms with Gasteiger partial charge in [-0.2, -0.15) is 0 Å². The monoisotopic (exact) mass is 236 g/mol. The minimum atomic E-state index is -0.655. The first-order chi connectivity index (χ1) is 7.53. The van der Waals surface area contributed by atoms with E-state index in [0.717, 1.165) is 12.5 Å². The highest BCUT2D eigenvalue weighted by atomic mass is 16.3. The van der Waals surface area contributed by atoms with E-state index in [9.17, 15) is 14.7 Å². The smallest absolute Gasteiger partial charge is 0.229 e. The number of hydrogen-bond acceptors (Lipinski definition) is 3. The summed E-state index contributed by atoms with van der Waals surface area (Å²) in [6.07, 6.45) is 3.09. The molecule has 0 spiro atoms. The zero-order valence-electron chi connectivity index (χ0n) is 11.1. The third-order valence-electron chi connectivity index (χ3n) is 2.76. The average molecular weight is 236 g/mol. The van der Waals surface area contributed by atoms with E-state index in [2.05, 4.69) is 20.8 Å². The van der Waals surface area contributed by atoms with Crippen LogP contribution in [0, 0.1) is 10.8 Å². The number of rotatable bonds is 2. The summed E-state index contributed by atoms with van der Waals surface area (Å²) in [7, 11) is 0. The van der Waals surface area contributed by atoms with Gasteiger partial charge in [0.25, 0.3) is 0 Å². The summed E-state index contributed by atoms with van der Waals surface area (Å²) >= 11 is 0. The van der Waals surface area contributed by atoms with Crippen molar-refractivity contribution in [1.82, 2.24) is 0 Å². The van der Waals surface area contributed by atoms with E-state index in [1.807, 2.05) is 13.8 Å². The van der Waals surface area contributed by atoms with Crippen molar-refractivity contribution >= 4 is 11.6 Å². The zero-order chi connectivity index (χ0) is 13.4. The van der Waals surface area contributed by atoms with Crippen molar-refractivity contribution in [3.8, 4) is 0 Å². The van der Waals surface area contributed by atoms with Gasteiger partial charge in [0.1, 0.15) is 5.76 Å². The molecular weight excluding hydrogens is 216 g/mol. The molecule has 0 saturated heterocycles. The molecule has 0 saturated carbocycles. The van der Waals surface area contributed by atoms with E-state index >= 15 is 0 Å². The summed E-state index contributed by atoms with van der Waals surface area (Å²) < 4.78 is 0. The van der Waals surface area contributed by atoms with Gasteiger partial charge in [0.2, 0.25) is 11.6 Å². The second-order valence-electron chi connectivity index (χ2n) is 6.44. The Balaban J connectivity index is 3.08. The molecule has 0 aromatic rings. The summed E-state index contributed by atoms with van der Waals surface area (Å²) in [4.78, 5) is 22.5. The minimum absolute atomic E-state index is 0.0785. The van der Waals surface area contributed by atoms with E-state index in [-0.39, 0.29) is 16.6 Å². The van der Waals surface area contributed by atoms with Gasteiger partial charge in [-0.3, -0.25) is 9.59 Å². The fourth-order valence-electron chi connectivity index (χ4n) is 2.51. The summed E-state index contributed by atoms with van der Waals surface area (Å²) in [5.41, 5.74) is 0.293. The number of carbonyl (C=O) groups excluding carboxylic acids is 2. The normalized spacial score (nSPS) is 17.9. The van der Waals surface area contributed by atoms with Gasteiger partial charge < -0.3 is 5.11 Å². The molecule has 1 aliphatic rings. The van der Waals surface area contributed by atoms with Crippen molar-refractivity contribution in [3.05, 3.63) is 23.5 Å². The molecule has 3 nitrogen and oxygen atoms in total. The molecule has 1 aliphatic carbocycles. The average Bonchev–Trinajstić information content (AvgIpc) is 2.06. The molecule has 0 heterocycles. The molecule has 1 rings (SSSR count). The van der Waals surface area contributed by atoms with Crippen LogP contribution in [0.5, 0.6) is 0 Å². The van der Waals surface area contributed by atoms with Crippen molar-refractivity contribution in [2.45, 2.75) is 41.0 Å². The Labute approximate surface area is 102 Å². The van der Waals surface area contributed by atoms with Crippen LogP contribution >= 0.6 is 0 Å². The summed E-state index contributed by atoms with van der Waals surface area (Å²) in [6, 6.07) is 0. The third-order valence-corrected chi connectivity index (χ3v) is 2.76. The lowest BCUT2D eigenvalue weighted by Crippen LogP contribution is -2.27. The van der Waals surface area contributed by atoms with Crippen LogP contribution in [0.15, 0.2) is 23.5 Å². The van der Waals surface area contributed by atoms with Gasteiger partial charge >= 0.3 is 0 Å². The molecule has 0 aromatic heterocycles. The molecule has 1 N–H and O–H groups in total. The number of allylic oxidation sites excluding steroid dienone is 3. The molecule has 0 bridgehead atoms. The lowest BCUT2D eigenvalue weighted by molar-refractivity contribution is -0.131. The lowest BCUT2D eigenvalue weighted by Gasteiger charge is -2.35. The Kier molecular flexibility index (Phi) is 3.33. The second-order valence-corrected chi connectivity index (χ2v) is 6.44. The van der Waals surface area contributed by atoms with Crippen LogP contribution in [-0.2, 0) is 9.59 Å². The van der Waals surface area contributed by atoms with E-state index in [1.165, 1.54) is 6.08 Å². The summed E-state index contributed by atoms with van der Waals surface area (Å²) in [6.45, 7) is 10.2. The van der Waals surface area contributed by atoms with Crippen LogP contribution in [0.4, 0.5) is 0 Å². The Morgan fingerprint density at radius 3 is 1.94 bits per heavy atom. The van der Waals surface area contributed by atoms with Crippen LogP contribution in [0.25, 0.3) is 0 Å². The van der Waals surface area contributed by atoms with E-state index in [0.29, 0.717) is 5.57 Å². The van der Waals surface area contributed by atoms with Crippen LogP contribution in [0.3, 0.4) is 0 Å². The van der Waals surface area contributed by atoms with E-state index in [4.69, 9.17) is 0 Å². The summed E-state index contributed by atoms with van der Waals surface area (Å²) in [5.74, 6) is -1.29. The first-order valence-corrected chi connectivity index (χ1v) is 5.74. The Hall–Kier alpha value is -1.38. The highest BCUT2D eigenvalue weighted by Gasteiger charge is 2.34. The zero-order valence-corrected chi connectivity index (χ0v) is 11.1. The number of carbonyl (C=O) groups is 2. The maximum Gasteiger partial charge on any atom is 0.229 e. The predicted molar refractivity (Wildman–Crippen MR) is 66.7 cm³/mol. The highest BCUT2D eigenvalue weighted by molar-refractivity contribution is 6.46. The van der Waals surface area contributed by atoms with Crippen molar-refractivity contribution in [2.24, 2.45) is 10.8 Å². The maximum absolute atomic E-state index is 11.4. The second kappa shape index (κ2) is 4.13. The maximum atomic E-state index is 11.4. The fourth-order valence-corrected chi connectivity index (χ4v) is 2.51. The van der Waals surface area contributed by atoms with Gasteiger partial charge in [-0.15, -0.1) is 0 Å². The molecule has 94 valence electrons. The third kappa shape index (κ3) is 3.29. The molecule has 0 fully saturated rings. The van der Waals surface area contributed by atoms with Crippen molar-refractivity contribution in [1.29, 1.82) is 0 Å². The number of aliphatic hydroxyl groups is 1. The SMILES string of the molecule is CC(C)(C)CC(C)(C)C1=CC(=O)C(=O)C=C1O. The molecule has 17 heavy (non-hydrogen) atoms. The molecule has 0 aromatic carbocycles. The highest BCUT2D eigenvalue weighted by Crippen LogP contribution is 2.41. The molecule has 0 atom stereocenters. The molecule has 3 heteroatoms. The standard InChI is InChI=1S/C14H20O3/c1-13(2,3)8-14(4,5)9-6-11(16)12(17)7-10(9)15/h6-7,15H,8H2,1-5H3. The Morgan fingerprint density at radius 1 is 1.00 bits per heavy atom. The first-order valence-electron chi connectivity index (χ1n) is 5.74. The molecule has 0 aliphatic heterocycles. The molecular formula is C14H20O3.